The van der Waals surface area contributed by atoms with E-state index in [2.05, 4.69) is 15.5 Å². The van der Waals surface area contributed by atoms with Crippen LogP contribution in [0.1, 0.15) is 43.0 Å². The molecular formula is C23H33N5O4. The predicted molar refractivity (Wildman–Crippen MR) is 122 cm³/mol. The van der Waals surface area contributed by atoms with Gasteiger partial charge in [-0.25, -0.2) is 4.79 Å². The Hall–Kier alpha value is -2.65. The topological polar surface area (TPSA) is 105 Å². The Kier molecular flexibility index (Phi) is 6.95. The first-order valence-corrected chi connectivity index (χ1v) is 11.6. The Morgan fingerprint density at radius 3 is 2.62 bits per heavy atom. The number of amides is 4. The summed E-state index contributed by atoms with van der Waals surface area (Å²) in [4.78, 5) is 44.1. The lowest BCUT2D eigenvalue weighted by molar-refractivity contribution is -0.116. The first-order chi connectivity index (χ1) is 15.5. The number of nitrogens with one attached hydrogen (secondary N) is 2. The number of aliphatic hydroxyl groups excluding tert-OH is 1. The number of anilines is 2. The van der Waals surface area contributed by atoms with E-state index in [1.165, 1.54) is 12.8 Å². The lowest BCUT2D eigenvalue weighted by Crippen LogP contribution is -2.55. The highest BCUT2D eigenvalue weighted by molar-refractivity contribution is 6.06. The molecule has 2 fully saturated rings. The fraction of sp³-hybridized carbons (Fsp3) is 0.609. The molecular weight excluding hydrogens is 410 g/mol. The van der Waals surface area contributed by atoms with Crippen molar-refractivity contribution in [3.8, 4) is 0 Å². The van der Waals surface area contributed by atoms with Gasteiger partial charge in [-0.3, -0.25) is 19.4 Å². The van der Waals surface area contributed by atoms with Crippen molar-refractivity contribution in [1.29, 1.82) is 0 Å². The van der Waals surface area contributed by atoms with Gasteiger partial charge in [-0.2, -0.15) is 0 Å². The van der Waals surface area contributed by atoms with Crippen LogP contribution in [0.4, 0.5) is 16.2 Å². The molecule has 3 N–H and O–H groups in total. The Labute approximate surface area is 188 Å². The van der Waals surface area contributed by atoms with Gasteiger partial charge in [0, 0.05) is 57.3 Å². The van der Waals surface area contributed by atoms with E-state index in [0.717, 1.165) is 12.3 Å². The molecule has 1 saturated heterocycles. The molecule has 0 radical (unpaired) electrons. The average Bonchev–Trinajstić information content (AvgIpc) is 3.60. The number of hydrogen-bond acceptors (Lipinski definition) is 5. The van der Waals surface area contributed by atoms with Gasteiger partial charge in [0.25, 0.3) is 5.91 Å². The lowest BCUT2D eigenvalue weighted by atomic mass is 10.1. The lowest BCUT2D eigenvalue weighted by Gasteiger charge is -2.38. The van der Waals surface area contributed by atoms with Crippen LogP contribution in [0, 0.1) is 5.92 Å². The number of carbonyl (C=O) groups is 3. The van der Waals surface area contributed by atoms with Crippen molar-refractivity contribution >= 4 is 29.2 Å². The molecule has 9 heteroatoms. The highest BCUT2D eigenvalue weighted by Crippen LogP contribution is 2.34. The molecule has 1 saturated carbocycles. The maximum Gasteiger partial charge on any atom is 0.324 e. The molecule has 3 aliphatic rings. The van der Waals surface area contributed by atoms with Gasteiger partial charge in [-0.05, 0) is 37.5 Å². The molecule has 4 rings (SSSR count). The fourth-order valence-electron chi connectivity index (χ4n) is 4.43. The van der Waals surface area contributed by atoms with Crippen molar-refractivity contribution in [1.82, 2.24) is 15.1 Å². The Morgan fingerprint density at radius 1 is 1.19 bits per heavy atom. The number of piperazine rings is 1. The Balaban J connectivity index is 1.50. The summed E-state index contributed by atoms with van der Waals surface area (Å²) in [6.07, 6.45) is 3.69. The maximum absolute atomic E-state index is 13.4. The van der Waals surface area contributed by atoms with Crippen molar-refractivity contribution in [2.45, 2.75) is 38.6 Å². The number of hydrogen-bond donors (Lipinski definition) is 3. The third-order valence-corrected chi connectivity index (χ3v) is 6.51. The normalized spacial score (nSPS) is 21.6. The van der Waals surface area contributed by atoms with Gasteiger partial charge < -0.3 is 20.6 Å². The van der Waals surface area contributed by atoms with Crippen LogP contribution < -0.4 is 15.5 Å². The van der Waals surface area contributed by atoms with Gasteiger partial charge in [-0.15, -0.1) is 0 Å². The largest absolute Gasteiger partial charge is 0.395 e. The molecule has 1 unspecified atom stereocenters. The second-order valence-corrected chi connectivity index (χ2v) is 9.03. The second kappa shape index (κ2) is 9.87. The van der Waals surface area contributed by atoms with Crippen molar-refractivity contribution in [3.63, 3.8) is 0 Å². The second-order valence-electron chi connectivity index (χ2n) is 9.03. The summed E-state index contributed by atoms with van der Waals surface area (Å²) >= 11 is 0. The molecule has 0 bridgehead atoms. The highest BCUT2D eigenvalue weighted by atomic mass is 16.3. The zero-order valence-corrected chi connectivity index (χ0v) is 18.7. The van der Waals surface area contributed by atoms with Crippen LogP contribution >= 0.6 is 0 Å². The van der Waals surface area contributed by atoms with Crippen LogP contribution in [0.2, 0.25) is 0 Å². The maximum atomic E-state index is 13.4. The van der Waals surface area contributed by atoms with Crippen molar-refractivity contribution in [3.05, 3.63) is 23.8 Å². The fourth-order valence-corrected chi connectivity index (χ4v) is 4.43. The number of benzene rings is 1. The number of rotatable bonds is 6. The summed E-state index contributed by atoms with van der Waals surface area (Å²) in [5, 5.41) is 15.0. The first-order valence-electron chi connectivity index (χ1n) is 11.6. The number of fused-ring (bicyclic) bond motifs is 1. The molecule has 2 aliphatic heterocycles. The third kappa shape index (κ3) is 5.21. The number of nitrogens with zero attached hydrogens (tertiary/aromatic N) is 3. The summed E-state index contributed by atoms with van der Waals surface area (Å²) in [6, 6.07) is 4.69. The molecule has 0 aromatic heterocycles. The molecule has 1 atom stereocenters. The molecule has 174 valence electrons. The summed E-state index contributed by atoms with van der Waals surface area (Å²) in [7, 11) is 0. The van der Waals surface area contributed by atoms with Gasteiger partial charge in [0.05, 0.1) is 18.0 Å². The molecule has 1 aliphatic carbocycles. The van der Waals surface area contributed by atoms with Gasteiger partial charge >= 0.3 is 6.03 Å². The Morgan fingerprint density at radius 2 is 1.94 bits per heavy atom. The number of carbonyl (C=O) groups excluding carboxylic acids is 3. The van der Waals surface area contributed by atoms with Crippen LogP contribution in [0.25, 0.3) is 0 Å². The predicted octanol–water partition coefficient (Wildman–Crippen LogP) is 1.48. The minimum Gasteiger partial charge on any atom is -0.395 e. The van der Waals surface area contributed by atoms with Crippen LogP contribution in [0.5, 0.6) is 0 Å². The molecule has 1 aromatic carbocycles. The van der Waals surface area contributed by atoms with Gasteiger partial charge in [0.2, 0.25) is 5.91 Å². The van der Waals surface area contributed by atoms with Gasteiger partial charge in [0.15, 0.2) is 0 Å². The van der Waals surface area contributed by atoms with E-state index in [-0.39, 0.29) is 36.9 Å². The van der Waals surface area contributed by atoms with E-state index >= 15 is 0 Å². The monoisotopic (exact) mass is 443 g/mol. The van der Waals surface area contributed by atoms with Gasteiger partial charge in [-0.1, -0.05) is 12.8 Å². The number of aliphatic hydroxyl groups is 1. The van der Waals surface area contributed by atoms with Crippen LogP contribution in [-0.2, 0) is 4.79 Å². The number of β-amino-alcohol motifs (C(OH)–C–C–N with tert-alkyl or cyclic N) is 1. The van der Waals surface area contributed by atoms with Crippen molar-refractivity contribution in [2.24, 2.45) is 5.92 Å². The van der Waals surface area contributed by atoms with E-state index in [0.29, 0.717) is 56.2 Å². The minimum atomic E-state index is -0.308. The minimum absolute atomic E-state index is 0.106. The summed E-state index contributed by atoms with van der Waals surface area (Å²) in [6.45, 7) is 5.78. The van der Waals surface area contributed by atoms with E-state index in [1.54, 1.807) is 28.0 Å². The average molecular weight is 444 g/mol. The summed E-state index contributed by atoms with van der Waals surface area (Å²) < 4.78 is 0. The quantitative estimate of drug-likeness (QED) is 0.618. The summed E-state index contributed by atoms with van der Waals surface area (Å²) in [5.74, 6) is 0.402. The molecule has 4 amide bonds. The van der Waals surface area contributed by atoms with Crippen molar-refractivity contribution in [2.75, 3.05) is 56.1 Å². The van der Waals surface area contributed by atoms with E-state index in [4.69, 9.17) is 5.11 Å². The van der Waals surface area contributed by atoms with E-state index < -0.39 is 0 Å². The Bertz CT molecular complexity index is 864. The van der Waals surface area contributed by atoms with E-state index in [9.17, 15) is 14.4 Å². The number of urea groups is 1. The van der Waals surface area contributed by atoms with Crippen LogP contribution in [0.3, 0.4) is 0 Å². The van der Waals surface area contributed by atoms with Crippen LogP contribution in [0.15, 0.2) is 18.2 Å². The smallest absolute Gasteiger partial charge is 0.324 e. The third-order valence-electron chi connectivity index (χ3n) is 6.51. The molecule has 2 heterocycles. The zero-order chi connectivity index (χ0) is 22.7. The molecule has 32 heavy (non-hydrogen) atoms. The zero-order valence-electron chi connectivity index (χ0n) is 18.7. The summed E-state index contributed by atoms with van der Waals surface area (Å²) in [5.41, 5.74) is 1.57. The highest BCUT2D eigenvalue weighted by Gasteiger charge is 2.34. The standard InChI is InChI=1S/C23H33N5O4/c1-16-14-21(30)25-19-15-18(22(31)24-7-6-17-2-3-17)4-5-20(19)28(16)23(32)27-10-8-26(9-11-27)12-13-29/h4-5,15-17,29H,2-3,6-14H2,1H3,(H,24,31)(H,25,30). The van der Waals surface area contributed by atoms with Crippen LogP contribution in [-0.4, -0.2) is 84.7 Å². The SMILES string of the molecule is CC1CC(=O)Nc2cc(C(=O)NCCC3CC3)ccc2N1C(=O)N1CCN(CCO)CC1. The molecule has 9 nitrogen and oxygen atoms in total. The molecule has 0 spiro atoms. The van der Waals surface area contributed by atoms with E-state index in [1.807, 2.05) is 6.92 Å². The first kappa shape index (κ1) is 22.5. The van der Waals surface area contributed by atoms with Gasteiger partial charge in [0.1, 0.15) is 0 Å². The molecule has 1 aromatic rings. The van der Waals surface area contributed by atoms with Crippen molar-refractivity contribution < 1.29 is 19.5 Å².